The summed E-state index contributed by atoms with van der Waals surface area (Å²) in [6, 6.07) is 5.33. The smallest absolute Gasteiger partial charge is 0.252 e. The van der Waals surface area contributed by atoms with Gasteiger partial charge < -0.3 is 10.2 Å². The summed E-state index contributed by atoms with van der Waals surface area (Å²) in [7, 11) is 0. The van der Waals surface area contributed by atoms with Gasteiger partial charge in [-0.1, -0.05) is 40.4 Å². The maximum Gasteiger partial charge on any atom is 0.252 e. The number of nitrogens with one attached hydrogen (secondary N) is 1. The highest BCUT2D eigenvalue weighted by Crippen LogP contribution is 2.20. The van der Waals surface area contributed by atoms with Crippen molar-refractivity contribution in [2.24, 2.45) is 0 Å². The van der Waals surface area contributed by atoms with E-state index in [0.29, 0.717) is 17.1 Å². The zero-order chi connectivity index (χ0) is 15.8. The highest BCUT2D eigenvalue weighted by molar-refractivity contribution is 9.10. The summed E-state index contributed by atoms with van der Waals surface area (Å²) >= 11 is 9.41. The fourth-order valence-electron chi connectivity index (χ4n) is 2.79. The van der Waals surface area contributed by atoms with Crippen LogP contribution in [0.4, 0.5) is 0 Å². The first-order valence-corrected chi connectivity index (χ1v) is 9.29. The van der Waals surface area contributed by atoms with Crippen LogP contribution in [-0.4, -0.2) is 37.0 Å². The lowest BCUT2D eigenvalue weighted by Crippen LogP contribution is -2.30. The van der Waals surface area contributed by atoms with Crippen LogP contribution in [-0.2, 0) is 0 Å². The quantitative estimate of drug-likeness (QED) is 0.699. The Bertz CT molecular complexity index is 490. The molecule has 1 N–H and O–H groups in total. The first kappa shape index (κ1) is 17.8. The predicted octanol–water partition coefficient (Wildman–Crippen LogP) is 4.49. The zero-order valence-electron chi connectivity index (χ0n) is 12.9. The van der Waals surface area contributed by atoms with Crippen LogP contribution in [0.3, 0.4) is 0 Å². The first-order valence-electron chi connectivity index (χ1n) is 8.12. The Labute approximate surface area is 146 Å². The molecule has 0 aliphatic carbocycles. The second kappa shape index (κ2) is 9.53. The molecule has 2 rings (SSSR count). The topological polar surface area (TPSA) is 32.3 Å². The molecule has 1 aliphatic heterocycles. The van der Waals surface area contributed by atoms with Crippen molar-refractivity contribution in [3.63, 3.8) is 0 Å². The van der Waals surface area contributed by atoms with Crippen LogP contribution >= 0.6 is 27.5 Å². The van der Waals surface area contributed by atoms with Crippen LogP contribution < -0.4 is 5.32 Å². The average molecular weight is 388 g/mol. The molecule has 1 heterocycles. The summed E-state index contributed by atoms with van der Waals surface area (Å²) < 4.78 is 0.864. The second-order valence-electron chi connectivity index (χ2n) is 5.84. The number of hydrogen-bond donors (Lipinski definition) is 1. The lowest BCUT2D eigenvalue weighted by molar-refractivity contribution is 0.0953. The minimum absolute atomic E-state index is 0.0951. The van der Waals surface area contributed by atoms with E-state index in [1.165, 1.54) is 45.3 Å². The van der Waals surface area contributed by atoms with E-state index in [-0.39, 0.29) is 5.91 Å². The van der Waals surface area contributed by atoms with Crippen LogP contribution in [0, 0.1) is 0 Å². The van der Waals surface area contributed by atoms with E-state index in [1.807, 2.05) is 6.07 Å². The van der Waals surface area contributed by atoms with Gasteiger partial charge in [-0.3, -0.25) is 4.79 Å². The number of hydrogen-bond acceptors (Lipinski definition) is 2. The Morgan fingerprint density at radius 3 is 2.73 bits per heavy atom. The third-order valence-electron chi connectivity index (χ3n) is 4.06. The molecule has 0 spiro atoms. The summed E-state index contributed by atoms with van der Waals surface area (Å²) in [5.41, 5.74) is 0.532. The van der Waals surface area contributed by atoms with Crippen LogP contribution in [0.5, 0.6) is 0 Å². The number of benzene rings is 1. The maximum atomic E-state index is 12.1. The Kier molecular flexibility index (Phi) is 7.70. The van der Waals surface area contributed by atoms with Crippen LogP contribution in [0.25, 0.3) is 0 Å². The van der Waals surface area contributed by atoms with Gasteiger partial charge in [-0.2, -0.15) is 0 Å². The number of piperidine rings is 1. The second-order valence-corrected chi connectivity index (χ2v) is 7.17. The van der Waals surface area contributed by atoms with E-state index in [0.717, 1.165) is 17.3 Å². The van der Waals surface area contributed by atoms with Crippen molar-refractivity contribution in [1.29, 1.82) is 0 Å². The molecule has 122 valence electrons. The fraction of sp³-hybridized carbons (Fsp3) is 0.588. The molecular weight excluding hydrogens is 364 g/mol. The average Bonchev–Trinajstić information content (AvgIpc) is 2.54. The van der Waals surface area contributed by atoms with Gasteiger partial charge in [-0.05, 0) is 63.5 Å². The summed E-state index contributed by atoms with van der Waals surface area (Å²) in [6.07, 6.45) is 7.48. The third kappa shape index (κ3) is 5.90. The molecule has 1 saturated heterocycles. The Balaban J connectivity index is 1.60. The maximum absolute atomic E-state index is 12.1. The molecule has 3 nitrogen and oxygen atoms in total. The van der Waals surface area contributed by atoms with Crippen molar-refractivity contribution >= 4 is 33.4 Å². The monoisotopic (exact) mass is 386 g/mol. The highest BCUT2D eigenvalue weighted by atomic mass is 79.9. The molecule has 1 aliphatic rings. The Morgan fingerprint density at radius 1 is 1.18 bits per heavy atom. The van der Waals surface area contributed by atoms with Crippen molar-refractivity contribution in [2.45, 2.75) is 38.5 Å². The molecule has 1 aromatic carbocycles. The summed E-state index contributed by atoms with van der Waals surface area (Å²) in [6.45, 7) is 4.43. The van der Waals surface area contributed by atoms with Gasteiger partial charge in [0.25, 0.3) is 5.91 Å². The number of carbonyl (C=O) groups excluding carboxylic acids is 1. The predicted molar refractivity (Wildman–Crippen MR) is 95.6 cm³/mol. The van der Waals surface area contributed by atoms with Gasteiger partial charge in [0.15, 0.2) is 0 Å². The van der Waals surface area contributed by atoms with Crippen molar-refractivity contribution in [2.75, 3.05) is 26.2 Å². The van der Waals surface area contributed by atoms with Gasteiger partial charge in [0.2, 0.25) is 0 Å². The van der Waals surface area contributed by atoms with Crippen LogP contribution in [0.15, 0.2) is 22.7 Å². The lowest BCUT2D eigenvalue weighted by atomic mass is 10.1. The SMILES string of the molecule is O=C(NCCCCCN1CCCCC1)c1cc(Br)ccc1Cl. The van der Waals surface area contributed by atoms with Gasteiger partial charge in [0.1, 0.15) is 0 Å². The number of likely N-dealkylation sites (tertiary alicyclic amines) is 1. The van der Waals surface area contributed by atoms with Gasteiger partial charge in [-0.25, -0.2) is 0 Å². The van der Waals surface area contributed by atoms with E-state index in [4.69, 9.17) is 11.6 Å². The largest absolute Gasteiger partial charge is 0.352 e. The fourth-order valence-corrected chi connectivity index (χ4v) is 3.35. The van der Waals surface area contributed by atoms with Crippen molar-refractivity contribution < 1.29 is 4.79 Å². The number of nitrogens with zero attached hydrogens (tertiary/aromatic N) is 1. The molecule has 22 heavy (non-hydrogen) atoms. The molecule has 0 bridgehead atoms. The van der Waals surface area contributed by atoms with Crippen molar-refractivity contribution in [1.82, 2.24) is 10.2 Å². The van der Waals surface area contributed by atoms with E-state index in [1.54, 1.807) is 12.1 Å². The molecule has 0 atom stereocenters. The van der Waals surface area contributed by atoms with E-state index in [9.17, 15) is 4.79 Å². The molecule has 0 unspecified atom stereocenters. The Morgan fingerprint density at radius 2 is 1.95 bits per heavy atom. The van der Waals surface area contributed by atoms with E-state index >= 15 is 0 Å². The third-order valence-corrected chi connectivity index (χ3v) is 4.88. The van der Waals surface area contributed by atoms with Gasteiger partial charge in [0, 0.05) is 11.0 Å². The van der Waals surface area contributed by atoms with E-state index in [2.05, 4.69) is 26.1 Å². The molecule has 1 amide bonds. The van der Waals surface area contributed by atoms with Gasteiger partial charge >= 0.3 is 0 Å². The molecule has 1 aromatic rings. The summed E-state index contributed by atoms with van der Waals surface area (Å²) in [5, 5.41) is 3.44. The van der Waals surface area contributed by atoms with E-state index < -0.39 is 0 Å². The standard InChI is InChI=1S/C17H24BrClN2O/c18-14-7-8-16(19)15(13-14)17(22)20-9-3-1-4-10-21-11-5-2-6-12-21/h7-8,13H,1-6,9-12H2,(H,20,22). The highest BCUT2D eigenvalue weighted by Gasteiger charge is 2.11. The van der Waals surface area contributed by atoms with Crippen molar-refractivity contribution in [3.05, 3.63) is 33.3 Å². The van der Waals surface area contributed by atoms with Gasteiger partial charge in [-0.15, -0.1) is 0 Å². The normalized spacial score (nSPS) is 15.7. The van der Waals surface area contributed by atoms with Crippen LogP contribution in [0.2, 0.25) is 5.02 Å². The molecular formula is C17H24BrClN2O. The number of amides is 1. The first-order chi connectivity index (χ1) is 10.7. The Hall–Kier alpha value is -0.580. The molecule has 0 saturated carbocycles. The zero-order valence-corrected chi connectivity index (χ0v) is 15.3. The minimum Gasteiger partial charge on any atom is -0.352 e. The number of unbranched alkanes of at least 4 members (excludes halogenated alkanes) is 2. The van der Waals surface area contributed by atoms with Crippen molar-refractivity contribution in [3.8, 4) is 0 Å². The van der Waals surface area contributed by atoms with Gasteiger partial charge in [0.05, 0.1) is 10.6 Å². The minimum atomic E-state index is -0.0951. The number of halogens is 2. The number of rotatable bonds is 7. The molecule has 1 fully saturated rings. The lowest BCUT2D eigenvalue weighted by Gasteiger charge is -2.26. The summed E-state index contributed by atoms with van der Waals surface area (Å²) in [5.74, 6) is -0.0951. The number of carbonyl (C=O) groups is 1. The molecule has 5 heteroatoms. The van der Waals surface area contributed by atoms with Crippen LogP contribution in [0.1, 0.15) is 48.9 Å². The summed E-state index contributed by atoms with van der Waals surface area (Å²) in [4.78, 5) is 14.6. The molecule has 0 radical (unpaired) electrons. The molecule has 0 aromatic heterocycles.